The van der Waals surface area contributed by atoms with E-state index in [0.717, 1.165) is 6.54 Å². The fourth-order valence-electron chi connectivity index (χ4n) is 2.25. The number of amides is 1. The summed E-state index contributed by atoms with van der Waals surface area (Å²) in [5.74, 6) is -0.891. The van der Waals surface area contributed by atoms with Gasteiger partial charge in [0, 0.05) is 26.7 Å². The number of carbonyl (C=O) groups excluding carboxylic acids is 1. The summed E-state index contributed by atoms with van der Waals surface area (Å²) in [6.07, 6.45) is 0. The average molecular weight is 242 g/mol. The van der Waals surface area contributed by atoms with E-state index in [1.165, 1.54) is 4.90 Å². The van der Waals surface area contributed by atoms with E-state index in [1.54, 1.807) is 7.05 Å². The Bertz CT molecular complexity index is 304. The zero-order chi connectivity index (χ0) is 13.2. The van der Waals surface area contributed by atoms with Crippen LogP contribution in [0.3, 0.4) is 0 Å². The lowest BCUT2D eigenvalue weighted by Gasteiger charge is -2.28. The van der Waals surface area contributed by atoms with Crippen molar-refractivity contribution in [2.45, 2.75) is 26.8 Å². The maximum Gasteiger partial charge on any atom is 0.309 e. The molecule has 1 N–H and O–H groups in total. The zero-order valence-corrected chi connectivity index (χ0v) is 11.0. The first-order chi connectivity index (χ1) is 7.82. The van der Waals surface area contributed by atoms with Gasteiger partial charge < -0.3 is 10.0 Å². The van der Waals surface area contributed by atoms with Crippen molar-refractivity contribution in [1.82, 2.24) is 9.80 Å². The molecule has 0 saturated carbocycles. The van der Waals surface area contributed by atoms with Gasteiger partial charge in [0.25, 0.3) is 0 Å². The van der Waals surface area contributed by atoms with E-state index in [9.17, 15) is 9.59 Å². The summed E-state index contributed by atoms with van der Waals surface area (Å²) in [6.45, 7) is 7.50. The van der Waals surface area contributed by atoms with Crippen LogP contribution in [-0.2, 0) is 9.59 Å². The minimum absolute atomic E-state index is 0.00870. The van der Waals surface area contributed by atoms with Crippen molar-refractivity contribution in [3.05, 3.63) is 0 Å². The molecule has 5 nitrogen and oxygen atoms in total. The Morgan fingerprint density at radius 1 is 1.47 bits per heavy atom. The van der Waals surface area contributed by atoms with Gasteiger partial charge in [0.15, 0.2) is 0 Å². The van der Waals surface area contributed by atoms with Gasteiger partial charge in [0.05, 0.1) is 12.0 Å². The highest BCUT2D eigenvalue weighted by Crippen LogP contribution is 2.16. The first-order valence-electron chi connectivity index (χ1n) is 6.04. The van der Waals surface area contributed by atoms with Crippen LogP contribution in [0.5, 0.6) is 0 Å². The highest BCUT2D eigenvalue weighted by atomic mass is 16.4. The smallest absolute Gasteiger partial charge is 0.309 e. The minimum Gasteiger partial charge on any atom is -0.481 e. The quantitative estimate of drug-likeness (QED) is 0.783. The normalized spacial score (nSPS) is 27.4. The average Bonchev–Trinajstić information content (AvgIpc) is 2.31. The molecular formula is C12H22N2O3. The van der Waals surface area contributed by atoms with Gasteiger partial charge in [-0.2, -0.15) is 0 Å². The molecule has 17 heavy (non-hydrogen) atoms. The Labute approximate surface area is 102 Å². The van der Waals surface area contributed by atoms with Crippen LogP contribution in [0.4, 0.5) is 0 Å². The molecule has 0 aromatic heterocycles. The maximum absolute atomic E-state index is 12.0. The van der Waals surface area contributed by atoms with Crippen molar-refractivity contribution in [3.8, 4) is 0 Å². The summed E-state index contributed by atoms with van der Waals surface area (Å²) >= 11 is 0. The van der Waals surface area contributed by atoms with Gasteiger partial charge >= 0.3 is 5.97 Å². The van der Waals surface area contributed by atoms with Crippen LogP contribution >= 0.6 is 0 Å². The number of carboxylic acid groups (broad SMARTS) is 1. The fraction of sp³-hybridized carbons (Fsp3) is 0.833. The van der Waals surface area contributed by atoms with Crippen LogP contribution in [0.25, 0.3) is 0 Å². The first kappa shape index (κ1) is 14.0. The predicted molar refractivity (Wildman–Crippen MR) is 64.6 cm³/mol. The third-order valence-electron chi connectivity index (χ3n) is 3.18. The molecule has 0 spiro atoms. The number of rotatable bonds is 3. The summed E-state index contributed by atoms with van der Waals surface area (Å²) in [5, 5.41) is 9.14. The number of aliphatic carboxylic acids is 1. The van der Waals surface area contributed by atoms with E-state index >= 15 is 0 Å². The topological polar surface area (TPSA) is 60.9 Å². The van der Waals surface area contributed by atoms with Gasteiger partial charge in [0.2, 0.25) is 5.91 Å². The molecule has 2 unspecified atom stereocenters. The van der Waals surface area contributed by atoms with Crippen molar-refractivity contribution in [1.29, 1.82) is 0 Å². The van der Waals surface area contributed by atoms with E-state index in [2.05, 4.69) is 13.8 Å². The molecule has 1 saturated heterocycles. The van der Waals surface area contributed by atoms with Crippen molar-refractivity contribution >= 4 is 11.9 Å². The molecule has 1 aliphatic heterocycles. The van der Waals surface area contributed by atoms with E-state index in [-0.39, 0.29) is 11.9 Å². The zero-order valence-electron chi connectivity index (χ0n) is 11.0. The Morgan fingerprint density at radius 3 is 2.53 bits per heavy atom. The standard InChI is InChI=1S/C12H22N2O3/c1-8(2)5-14-7-10(12(16)17)6-13(4)11(15)9(14)3/h8-10H,5-7H2,1-4H3,(H,16,17). The summed E-state index contributed by atoms with van der Waals surface area (Å²) in [4.78, 5) is 26.6. The van der Waals surface area contributed by atoms with Crippen LogP contribution in [0.1, 0.15) is 20.8 Å². The maximum atomic E-state index is 12.0. The molecular weight excluding hydrogens is 220 g/mol. The third kappa shape index (κ3) is 3.43. The molecule has 1 amide bonds. The van der Waals surface area contributed by atoms with Crippen LogP contribution in [0.2, 0.25) is 0 Å². The molecule has 1 aliphatic rings. The van der Waals surface area contributed by atoms with Crippen LogP contribution in [0, 0.1) is 11.8 Å². The highest BCUT2D eigenvalue weighted by molar-refractivity contribution is 5.82. The number of carbonyl (C=O) groups is 2. The third-order valence-corrected chi connectivity index (χ3v) is 3.18. The largest absolute Gasteiger partial charge is 0.481 e. The van der Waals surface area contributed by atoms with Gasteiger partial charge in [-0.15, -0.1) is 0 Å². The highest BCUT2D eigenvalue weighted by Gasteiger charge is 2.34. The summed E-state index contributed by atoms with van der Waals surface area (Å²) in [6, 6.07) is -0.230. The summed E-state index contributed by atoms with van der Waals surface area (Å²) in [5.41, 5.74) is 0. The molecule has 1 fully saturated rings. The second-order valence-corrected chi connectivity index (χ2v) is 5.28. The molecule has 0 bridgehead atoms. The van der Waals surface area contributed by atoms with Gasteiger partial charge in [-0.3, -0.25) is 14.5 Å². The van der Waals surface area contributed by atoms with Crippen LogP contribution in [0.15, 0.2) is 0 Å². The monoisotopic (exact) mass is 242 g/mol. The number of nitrogens with zero attached hydrogens (tertiary/aromatic N) is 2. The Morgan fingerprint density at radius 2 is 2.06 bits per heavy atom. The molecule has 0 radical (unpaired) electrons. The Hall–Kier alpha value is -1.10. The first-order valence-corrected chi connectivity index (χ1v) is 6.04. The summed E-state index contributed by atoms with van der Waals surface area (Å²) < 4.78 is 0. The van der Waals surface area contributed by atoms with Crippen molar-refractivity contribution < 1.29 is 14.7 Å². The van der Waals surface area contributed by atoms with Crippen molar-refractivity contribution in [2.75, 3.05) is 26.7 Å². The second kappa shape index (κ2) is 5.49. The fourth-order valence-corrected chi connectivity index (χ4v) is 2.25. The molecule has 1 heterocycles. The van der Waals surface area contributed by atoms with Gasteiger partial charge in [-0.05, 0) is 12.8 Å². The van der Waals surface area contributed by atoms with Gasteiger partial charge in [-0.25, -0.2) is 0 Å². The van der Waals surface area contributed by atoms with Crippen LogP contribution < -0.4 is 0 Å². The van der Waals surface area contributed by atoms with E-state index in [1.807, 2.05) is 11.8 Å². The SMILES string of the molecule is CC(C)CN1CC(C(=O)O)CN(C)C(=O)C1C. The minimum atomic E-state index is -0.826. The lowest BCUT2D eigenvalue weighted by atomic mass is 10.1. The lowest BCUT2D eigenvalue weighted by Crippen LogP contribution is -2.44. The van der Waals surface area contributed by atoms with Crippen molar-refractivity contribution in [2.24, 2.45) is 11.8 Å². The Balaban J connectivity index is 2.87. The predicted octanol–water partition coefficient (Wildman–Crippen LogP) is 0.506. The van der Waals surface area contributed by atoms with E-state index in [0.29, 0.717) is 19.0 Å². The summed E-state index contributed by atoms with van der Waals surface area (Å²) in [7, 11) is 1.67. The Kier molecular flexibility index (Phi) is 4.51. The number of carboxylic acids is 1. The van der Waals surface area contributed by atoms with Crippen molar-refractivity contribution in [3.63, 3.8) is 0 Å². The molecule has 0 aromatic rings. The molecule has 5 heteroatoms. The van der Waals surface area contributed by atoms with Gasteiger partial charge in [0.1, 0.15) is 0 Å². The molecule has 0 aromatic carbocycles. The molecule has 2 atom stereocenters. The molecule has 98 valence electrons. The lowest BCUT2D eigenvalue weighted by molar-refractivity contribution is -0.142. The van der Waals surface area contributed by atoms with E-state index in [4.69, 9.17) is 5.11 Å². The second-order valence-electron chi connectivity index (χ2n) is 5.28. The van der Waals surface area contributed by atoms with Gasteiger partial charge in [-0.1, -0.05) is 13.8 Å². The number of likely N-dealkylation sites (N-methyl/N-ethyl adjacent to an activating group) is 1. The number of hydrogen-bond donors (Lipinski definition) is 1. The molecule has 0 aliphatic carbocycles. The van der Waals surface area contributed by atoms with E-state index < -0.39 is 11.9 Å². The number of hydrogen-bond acceptors (Lipinski definition) is 3. The molecule has 1 rings (SSSR count). The van der Waals surface area contributed by atoms with Crippen LogP contribution in [-0.4, -0.2) is 59.5 Å².